The lowest BCUT2D eigenvalue weighted by atomic mass is 10.1. The van der Waals surface area contributed by atoms with Crippen molar-refractivity contribution in [2.24, 2.45) is 0 Å². The summed E-state index contributed by atoms with van der Waals surface area (Å²) in [4.78, 5) is 30.7. The van der Waals surface area contributed by atoms with Crippen LogP contribution in [0.1, 0.15) is 27.0 Å². The summed E-state index contributed by atoms with van der Waals surface area (Å²) < 4.78 is 13.0. The van der Waals surface area contributed by atoms with E-state index in [1.165, 1.54) is 18.2 Å². The van der Waals surface area contributed by atoms with Crippen LogP contribution in [-0.2, 0) is 24.4 Å². The number of benzene rings is 2. The Kier molecular flexibility index (Phi) is 5.45. The van der Waals surface area contributed by atoms with Gasteiger partial charge in [0.1, 0.15) is 5.82 Å². The number of rotatable bonds is 4. The molecule has 2 aromatic rings. The van der Waals surface area contributed by atoms with E-state index in [4.69, 9.17) is 0 Å². The fourth-order valence-electron chi connectivity index (χ4n) is 3.95. The molecule has 0 saturated carbocycles. The molecule has 2 aliphatic heterocycles. The number of carbonyl (C=O) groups is 2. The van der Waals surface area contributed by atoms with Crippen molar-refractivity contribution in [2.45, 2.75) is 19.6 Å². The second-order valence-electron chi connectivity index (χ2n) is 7.58. The molecular formula is C23H24FN3O2. The summed E-state index contributed by atoms with van der Waals surface area (Å²) in [5.41, 5.74) is 3.86. The van der Waals surface area contributed by atoms with Crippen molar-refractivity contribution in [3.05, 3.63) is 83.2 Å². The molecule has 0 bridgehead atoms. The zero-order valence-electron chi connectivity index (χ0n) is 16.3. The van der Waals surface area contributed by atoms with Crippen LogP contribution in [0, 0.1) is 5.82 Å². The van der Waals surface area contributed by atoms with Crippen molar-refractivity contribution in [3.8, 4) is 0 Å². The topological polar surface area (TPSA) is 43.9 Å². The van der Waals surface area contributed by atoms with Gasteiger partial charge in [-0.2, -0.15) is 0 Å². The van der Waals surface area contributed by atoms with Crippen LogP contribution in [0.2, 0.25) is 0 Å². The minimum absolute atomic E-state index is 0.0303. The number of nitrogens with zero attached hydrogens (tertiary/aromatic N) is 3. The molecule has 2 amide bonds. The summed E-state index contributed by atoms with van der Waals surface area (Å²) in [5, 5.41) is 0. The standard InChI is InChI=1S/C23H24FN3O2/c1-2-22(28)27-15-19-6-5-18(13-20(19)16-27)23(29)26-11-9-25(10-12-26)14-17-3-7-21(24)8-4-17/h2-8,13H,1,9-12,14-16H2. The highest BCUT2D eigenvalue weighted by Crippen LogP contribution is 2.25. The highest BCUT2D eigenvalue weighted by Gasteiger charge is 2.26. The zero-order chi connectivity index (χ0) is 20.4. The molecule has 2 aliphatic rings. The molecule has 0 aromatic heterocycles. The first-order chi connectivity index (χ1) is 14.0. The quantitative estimate of drug-likeness (QED) is 0.751. The molecule has 2 aromatic carbocycles. The molecule has 29 heavy (non-hydrogen) atoms. The summed E-state index contributed by atoms with van der Waals surface area (Å²) in [7, 11) is 0. The molecule has 6 heteroatoms. The second-order valence-corrected chi connectivity index (χ2v) is 7.58. The van der Waals surface area contributed by atoms with Crippen LogP contribution in [0.4, 0.5) is 4.39 Å². The van der Waals surface area contributed by atoms with E-state index in [9.17, 15) is 14.0 Å². The Bertz CT molecular complexity index is 934. The Balaban J connectivity index is 1.35. The predicted molar refractivity (Wildman–Crippen MR) is 108 cm³/mol. The van der Waals surface area contributed by atoms with Crippen molar-refractivity contribution in [3.63, 3.8) is 0 Å². The second kappa shape index (κ2) is 8.17. The van der Waals surface area contributed by atoms with Gasteiger partial charge in [0.15, 0.2) is 0 Å². The first-order valence-electron chi connectivity index (χ1n) is 9.83. The summed E-state index contributed by atoms with van der Waals surface area (Å²) in [6.45, 7) is 8.29. The highest BCUT2D eigenvalue weighted by atomic mass is 19.1. The van der Waals surface area contributed by atoms with E-state index in [1.54, 1.807) is 17.0 Å². The van der Waals surface area contributed by atoms with E-state index in [-0.39, 0.29) is 17.6 Å². The van der Waals surface area contributed by atoms with Gasteiger partial charge in [0.05, 0.1) is 0 Å². The highest BCUT2D eigenvalue weighted by molar-refractivity contribution is 5.95. The number of piperazine rings is 1. The molecule has 0 radical (unpaired) electrons. The third kappa shape index (κ3) is 4.22. The Labute approximate surface area is 170 Å². The van der Waals surface area contributed by atoms with Gasteiger partial charge >= 0.3 is 0 Å². The molecule has 0 N–H and O–H groups in total. The summed E-state index contributed by atoms with van der Waals surface area (Å²) >= 11 is 0. The van der Waals surface area contributed by atoms with Gasteiger partial charge in [0.25, 0.3) is 5.91 Å². The molecule has 1 saturated heterocycles. The van der Waals surface area contributed by atoms with Gasteiger partial charge in [0, 0.05) is 51.4 Å². The summed E-state index contributed by atoms with van der Waals surface area (Å²) in [6.07, 6.45) is 1.32. The number of halogens is 1. The number of hydrogen-bond acceptors (Lipinski definition) is 3. The van der Waals surface area contributed by atoms with Crippen LogP contribution in [0.15, 0.2) is 55.1 Å². The number of fused-ring (bicyclic) bond motifs is 1. The van der Waals surface area contributed by atoms with Crippen molar-refractivity contribution in [1.82, 2.24) is 14.7 Å². The van der Waals surface area contributed by atoms with E-state index in [0.717, 1.165) is 36.3 Å². The summed E-state index contributed by atoms with van der Waals surface area (Å²) in [6, 6.07) is 12.3. The van der Waals surface area contributed by atoms with E-state index in [2.05, 4.69) is 11.5 Å². The molecule has 0 aliphatic carbocycles. The van der Waals surface area contributed by atoms with Gasteiger partial charge in [-0.05, 0) is 47.0 Å². The lowest BCUT2D eigenvalue weighted by molar-refractivity contribution is -0.126. The Morgan fingerprint density at radius 2 is 1.62 bits per heavy atom. The number of amides is 2. The van der Waals surface area contributed by atoms with Crippen molar-refractivity contribution < 1.29 is 14.0 Å². The van der Waals surface area contributed by atoms with Crippen molar-refractivity contribution >= 4 is 11.8 Å². The average molecular weight is 393 g/mol. The van der Waals surface area contributed by atoms with Crippen molar-refractivity contribution in [1.29, 1.82) is 0 Å². The third-order valence-corrected chi connectivity index (χ3v) is 5.64. The Morgan fingerprint density at radius 1 is 0.931 bits per heavy atom. The number of hydrogen-bond donors (Lipinski definition) is 0. The van der Waals surface area contributed by atoms with E-state index in [1.807, 2.05) is 23.1 Å². The van der Waals surface area contributed by atoms with Crippen LogP contribution in [-0.4, -0.2) is 52.7 Å². The SMILES string of the molecule is C=CC(=O)N1Cc2ccc(C(=O)N3CCN(Cc4ccc(F)cc4)CC3)cc2C1. The van der Waals surface area contributed by atoms with Gasteiger partial charge in [0.2, 0.25) is 5.91 Å². The lowest BCUT2D eigenvalue weighted by Gasteiger charge is -2.34. The van der Waals surface area contributed by atoms with Gasteiger partial charge in [-0.3, -0.25) is 14.5 Å². The van der Waals surface area contributed by atoms with Crippen molar-refractivity contribution in [2.75, 3.05) is 26.2 Å². The molecular weight excluding hydrogens is 369 g/mol. The van der Waals surface area contributed by atoms with E-state index < -0.39 is 0 Å². The van der Waals surface area contributed by atoms with Crippen LogP contribution in [0.5, 0.6) is 0 Å². The van der Waals surface area contributed by atoms with Gasteiger partial charge < -0.3 is 9.80 Å². The molecule has 2 heterocycles. The maximum Gasteiger partial charge on any atom is 0.253 e. The lowest BCUT2D eigenvalue weighted by Crippen LogP contribution is -2.48. The smallest absolute Gasteiger partial charge is 0.253 e. The average Bonchev–Trinajstić information content (AvgIpc) is 3.18. The minimum atomic E-state index is -0.226. The summed E-state index contributed by atoms with van der Waals surface area (Å²) in [5.74, 6) is -0.287. The fourth-order valence-corrected chi connectivity index (χ4v) is 3.95. The molecule has 4 rings (SSSR count). The molecule has 0 unspecified atom stereocenters. The Hall–Kier alpha value is -2.99. The number of carbonyl (C=O) groups excluding carboxylic acids is 2. The largest absolute Gasteiger partial charge is 0.336 e. The maximum absolute atomic E-state index is 13.0. The molecule has 0 spiro atoms. The van der Waals surface area contributed by atoms with E-state index in [0.29, 0.717) is 31.7 Å². The molecule has 5 nitrogen and oxygen atoms in total. The predicted octanol–water partition coefficient (Wildman–Crippen LogP) is 2.81. The fraction of sp³-hybridized carbons (Fsp3) is 0.304. The normalized spacial score (nSPS) is 16.6. The Morgan fingerprint density at radius 3 is 2.31 bits per heavy atom. The first kappa shape index (κ1) is 19.3. The third-order valence-electron chi connectivity index (χ3n) is 5.64. The first-order valence-corrected chi connectivity index (χ1v) is 9.83. The van der Waals surface area contributed by atoms with Gasteiger partial charge in [-0.15, -0.1) is 0 Å². The van der Waals surface area contributed by atoms with Crippen LogP contribution < -0.4 is 0 Å². The zero-order valence-corrected chi connectivity index (χ0v) is 16.3. The van der Waals surface area contributed by atoms with Crippen LogP contribution in [0.3, 0.4) is 0 Å². The minimum Gasteiger partial charge on any atom is -0.336 e. The molecule has 1 fully saturated rings. The van der Waals surface area contributed by atoms with Crippen LogP contribution in [0.25, 0.3) is 0 Å². The van der Waals surface area contributed by atoms with Gasteiger partial charge in [-0.25, -0.2) is 4.39 Å². The molecule has 150 valence electrons. The van der Waals surface area contributed by atoms with Crippen LogP contribution >= 0.6 is 0 Å². The van der Waals surface area contributed by atoms with Gasteiger partial charge in [-0.1, -0.05) is 24.8 Å². The monoisotopic (exact) mass is 393 g/mol. The molecule has 0 atom stereocenters. The van der Waals surface area contributed by atoms with E-state index >= 15 is 0 Å². The maximum atomic E-state index is 13.0.